The van der Waals surface area contributed by atoms with Crippen molar-refractivity contribution in [1.29, 1.82) is 0 Å². The summed E-state index contributed by atoms with van der Waals surface area (Å²) in [4.78, 5) is 0.401. The maximum Gasteiger partial charge on any atom is 0.120 e. The first-order chi connectivity index (χ1) is 8.16. The Balaban J connectivity index is 1.88. The highest BCUT2D eigenvalue weighted by Gasteiger charge is 2.16. The van der Waals surface area contributed by atoms with Crippen molar-refractivity contribution in [3.05, 3.63) is 28.2 Å². The molecule has 92 valence electrons. The Hall–Kier alpha value is -0.610. The van der Waals surface area contributed by atoms with E-state index in [1.807, 2.05) is 18.2 Å². The molecule has 0 bridgehead atoms. The zero-order chi connectivity index (χ0) is 12.3. The van der Waals surface area contributed by atoms with Gasteiger partial charge >= 0.3 is 0 Å². The van der Waals surface area contributed by atoms with Crippen molar-refractivity contribution >= 4 is 33.1 Å². The molecule has 4 heteroatoms. The van der Waals surface area contributed by atoms with Crippen LogP contribution in [-0.4, -0.2) is 11.6 Å². The van der Waals surface area contributed by atoms with Gasteiger partial charge in [0.2, 0.25) is 0 Å². The van der Waals surface area contributed by atoms with Crippen molar-refractivity contribution in [2.45, 2.75) is 25.7 Å². The molecule has 0 aromatic heterocycles. The molecule has 2 nitrogen and oxygen atoms in total. The maximum atomic E-state index is 5.71. The lowest BCUT2D eigenvalue weighted by Gasteiger charge is -2.25. The molecule has 0 amide bonds. The van der Waals surface area contributed by atoms with Crippen LogP contribution in [-0.2, 0) is 0 Å². The first-order valence-electron chi connectivity index (χ1n) is 5.89. The summed E-state index contributed by atoms with van der Waals surface area (Å²) in [6.45, 7) is 0.795. The van der Waals surface area contributed by atoms with Crippen LogP contribution in [0.3, 0.4) is 0 Å². The standard InChI is InChI=1S/C13H16BrNOS/c14-12-8-10(4-5-11(12)13(15)17)16-7-6-9-2-1-3-9/h4-5,8-9H,1-3,6-7H2,(H2,15,17). The highest BCUT2D eigenvalue weighted by Crippen LogP contribution is 2.29. The topological polar surface area (TPSA) is 35.2 Å². The Morgan fingerprint density at radius 2 is 2.24 bits per heavy atom. The SMILES string of the molecule is NC(=S)c1ccc(OCCC2CCC2)cc1Br. The van der Waals surface area contributed by atoms with Gasteiger partial charge in [0.05, 0.1) is 6.61 Å². The van der Waals surface area contributed by atoms with Crippen molar-refractivity contribution in [3.63, 3.8) is 0 Å². The molecule has 0 aliphatic heterocycles. The van der Waals surface area contributed by atoms with E-state index in [4.69, 9.17) is 22.7 Å². The average molecular weight is 314 g/mol. The molecule has 0 radical (unpaired) electrons. The van der Waals surface area contributed by atoms with Gasteiger partial charge in [0.15, 0.2) is 0 Å². The first-order valence-corrected chi connectivity index (χ1v) is 7.09. The van der Waals surface area contributed by atoms with E-state index >= 15 is 0 Å². The van der Waals surface area contributed by atoms with Crippen molar-refractivity contribution in [2.24, 2.45) is 11.7 Å². The van der Waals surface area contributed by atoms with Crippen molar-refractivity contribution in [3.8, 4) is 5.75 Å². The zero-order valence-corrected chi connectivity index (χ0v) is 12.0. The van der Waals surface area contributed by atoms with Crippen LogP contribution < -0.4 is 10.5 Å². The summed E-state index contributed by atoms with van der Waals surface area (Å²) in [6.07, 6.45) is 5.29. The molecule has 1 aromatic carbocycles. The Bertz CT molecular complexity index is 418. The minimum Gasteiger partial charge on any atom is -0.494 e. The smallest absolute Gasteiger partial charge is 0.120 e. The van der Waals surface area contributed by atoms with E-state index in [9.17, 15) is 0 Å². The van der Waals surface area contributed by atoms with Gasteiger partial charge < -0.3 is 10.5 Å². The third-order valence-corrected chi connectivity index (χ3v) is 4.10. The molecule has 1 aliphatic carbocycles. The summed E-state index contributed by atoms with van der Waals surface area (Å²) < 4.78 is 6.61. The van der Waals surface area contributed by atoms with Crippen LogP contribution in [0.25, 0.3) is 0 Å². The molecule has 1 aromatic rings. The molecule has 0 saturated heterocycles. The van der Waals surface area contributed by atoms with E-state index in [1.165, 1.54) is 19.3 Å². The van der Waals surface area contributed by atoms with Gasteiger partial charge in [-0.3, -0.25) is 0 Å². The summed E-state index contributed by atoms with van der Waals surface area (Å²) in [5, 5.41) is 0. The second kappa shape index (κ2) is 5.83. The predicted octanol–water partition coefficient (Wildman–Crippen LogP) is 3.65. The normalized spacial score (nSPS) is 15.4. The van der Waals surface area contributed by atoms with Crippen LogP contribution in [0, 0.1) is 5.92 Å². The minimum absolute atomic E-state index is 0.401. The van der Waals surface area contributed by atoms with E-state index in [1.54, 1.807) is 0 Å². The summed E-state index contributed by atoms with van der Waals surface area (Å²) in [7, 11) is 0. The fourth-order valence-corrected chi connectivity index (χ4v) is 2.79. The number of hydrogen-bond acceptors (Lipinski definition) is 2. The van der Waals surface area contributed by atoms with Gasteiger partial charge in [-0.1, -0.05) is 31.5 Å². The van der Waals surface area contributed by atoms with Gasteiger partial charge in [-0.25, -0.2) is 0 Å². The predicted molar refractivity (Wildman–Crippen MR) is 77.5 cm³/mol. The van der Waals surface area contributed by atoms with Gasteiger partial charge in [0.25, 0.3) is 0 Å². The number of halogens is 1. The van der Waals surface area contributed by atoms with Crippen LogP contribution in [0.15, 0.2) is 22.7 Å². The molecular formula is C13H16BrNOS. The summed E-state index contributed by atoms with van der Waals surface area (Å²) in [6, 6.07) is 5.74. The van der Waals surface area contributed by atoms with Gasteiger partial charge in [0.1, 0.15) is 10.7 Å². The highest BCUT2D eigenvalue weighted by atomic mass is 79.9. The van der Waals surface area contributed by atoms with Gasteiger partial charge in [-0.05, 0) is 46.5 Å². The number of thiocarbonyl (C=S) groups is 1. The van der Waals surface area contributed by atoms with Gasteiger partial charge in [-0.15, -0.1) is 0 Å². The van der Waals surface area contributed by atoms with Crippen LogP contribution in [0.5, 0.6) is 5.75 Å². The number of rotatable bonds is 5. The lowest BCUT2D eigenvalue weighted by atomic mass is 9.83. The summed E-state index contributed by atoms with van der Waals surface area (Å²) >= 11 is 8.39. The van der Waals surface area contributed by atoms with Gasteiger partial charge in [0, 0.05) is 10.0 Å². The zero-order valence-electron chi connectivity index (χ0n) is 9.62. The molecular weight excluding hydrogens is 298 g/mol. The lowest BCUT2D eigenvalue weighted by Crippen LogP contribution is -2.14. The van der Waals surface area contributed by atoms with E-state index in [0.29, 0.717) is 4.99 Å². The quantitative estimate of drug-likeness (QED) is 0.843. The van der Waals surface area contributed by atoms with Crippen LogP contribution in [0.4, 0.5) is 0 Å². The average Bonchev–Trinajstić information content (AvgIpc) is 2.21. The summed E-state index contributed by atoms with van der Waals surface area (Å²) in [5.74, 6) is 1.76. The number of benzene rings is 1. The van der Waals surface area contributed by atoms with Crippen LogP contribution in [0.1, 0.15) is 31.2 Å². The number of nitrogens with two attached hydrogens (primary N) is 1. The highest BCUT2D eigenvalue weighted by molar-refractivity contribution is 9.10. The molecule has 0 heterocycles. The van der Waals surface area contributed by atoms with E-state index in [-0.39, 0.29) is 0 Å². The summed E-state index contributed by atoms with van der Waals surface area (Å²) in [5.41, 5.74) is 6.44. The Morgan fingerprint density at radius 1 is 1.47 bits per heavy atom. The molecule has 1 aliphatic rings. The number of hydrogen-bond donors (Lipinski definition) is 1. The second-order valence-electron chi connectivity index (χ2n) is 4.44. The monoisotopic (exact) mass is 313 g/mol. The minimum atomic E-state index is 0.401. The molecule has 0 atom stereocenters. The maximum absolute atomic E-state index is 5.71. The van der Waals surface area contributed by atoms with E-state index < -0.39 is 0 Å². The third-order valence-electron chi connectivity index (χ3n) is 3.23. The molecule has 0 unspecified atom stereocenters. The first kappa shape index (κ1) is 12.8. The molecule has 2 N–H and O–H groups in total. The molecule has 1 fully saturated rings. The van der Waals surface area contributed by atoms with E-state index in [0.717, 1.165) is 34.7 Å². The lowest BCUT2D eigenvalue weighted by molar-refractivity contribution is 0.222. The van der Waals surface area contributed by atoms with Crippen LogP contribution >= 0.6 is 28.1 Å². The Kier molecular flexibility index (Phi) is 4.40. The fourth-order valence-electron chi connectivity index (χ4n) is 1.91. The van der Waals surface area contributed by atoms with Crippen molar-refractivity contribution in [1.82, 2.24) is 0 Å². The molecule has 0 spiro atoms. The van der Waals surface area contributed by atoms with E-state index in [2.05, 4.69) is 15.9 Å². The van der Waals surface area contributed by atoms with Crippen molar-refractivity contribution in [2.75, 3.05) is 6.61 Å². The van der Waals surface area contributed by atoms with Crippen molar-refractivity contribution < 1.29 is 4.74 Å². The molecule has 1 saturated carbocycles. The second-order valence-corrected chi connectivity index (χ2v) is 5.73. The fraction of sp³-hybridized carbons (Fsp3) is 0.462. The Labute approximate surface area is 116 Å². The van der Waals surface area contributed by atoms with Crippen LogP contribution in [0.2, 0.25) is 0 Å². The molecule has 2 rings (SSSR count). The van der Waals surface area contributed by atoms with Gasteiger partial charge in [-0.2, -0.15) is 0 Å². The number of ether oxygens (including phenoxy) is 1. The largest absolute Gasteiger partial charge is 0.494 e. The molecule has 17 heavy (non-hydrogen) atoms. The Morgan fingerprint density at radius 3 is 2.76 bits per heavy atom. The third kappa shape index (κ3) is 3.42.